The van der Waals surface area contributed by atoms with E-state index >= 15 is 0 Å². The van der Waals surface area contributed by atoms with Crippen LogP contribution in [0.3, 0.4) is 0 Å². The molecule has 2 aliphatic heterocycles. The van der Waals surface area contributed by atoms with Crippen molar-refractivity contribution in [1.82, 2.24) is 4.90 Å². The Hall–Kier alpha value is -0.610. The summed E-state index contributed by atoms with van der Waals surface area (Å²) in [7, 11) is 0. The molecule has 2 heterocycles. The fourth-order valence-corrected chi connectivity index (χ4v) is 2.73. The van der Waals surface area contributed by atoms with Gasteiger partial charge in [-0.3, -0.25) is 4.79 Å². The van der Waals surface area contributed by atoms with Crippen LogP contribution in [0.1, 0.15) is 25.7 Å². The van der Waals surface area contributed by atoms with Crippen LogP contribution in [0.2, 0.25) is 0 Å². The average Bonchev–Trinajstić information content (AvgIpc) is 2.87. The van der Waals surface area contributed by atoms with Gasteiger partial charge in [0, 0.05) is 26.1 Å². The van der Waals surface area contributed by atoms with Crippen molar-refractivity contribution in [3.8, 4) is 0 Å². The zero-order chi connectivity index (χ0) is 11.4. The van der Waals surface area contributed by atoms with E-state index in [1.54, 1.807) is 0 Å². The monoisotopic (exact) mass is 227 g/mol. The quantitative estimate of drug-likeness (QED) is 0.767. The highest BCUT2D eigenvalue weighted by atomic mass is 16.5. The number of aliphatic carboxylic acids is 1. The van der Waals surface area contributed by atoms with Gasteiger partial charge in [0.2, 0.25) is 0 Å². The molecule has 92 valence electrons. The van der Waals surface area contributed by atoms with Crippen molar-refractivity contribution in [2.24, 2.45) is 11.8 Å². The summed E-state index contributed by atoms with van der Waals surface area (Å²) >= 11 is 0. The van der Waals surface area contributed by atoms with Gasteiger partial charge in [0.1, 0.15) is 0 Å². The number of likely N-dealkylation sites (tertiary alicyclic amines) is 1. The summed E-state index contributed by atoms with van der Waals surface area (Å²) in [5, 5.41) is 8.64. The number of carbonyl (C=O) groups is 1. The van der Waals surface area contributed by atoms with Gasteiger partial charge < -0.3 is 14.7 Å². The van der Waals surface area contributed by atoms with Crippen molar-refractivity contribution < 1.29 is 14.6 Å². The second-order valence-corrected chi connectivity index (χ2v) is 5.08. The maximum absolute atomic E-state index is 10.5. The molecule has 2 aliphatic rings. The summed E-state index contributed by atoms with van der Waals surface area (Å²) in [5.41, 5.74) is 0. The normalized spacial score (nSPS) is 31.0. The lowest BCUT2D eigenvalue weighted by atomic mass is 10.0. The Kier molecular flexibility index (Phi) is 4.18. The van der Waals surface area contributed by atoms with Gasteiger partial charge >= 0.3 is 5.97 Å². The van der Waals surface area contributed by atoms with Crippen molar-refractivity contribution in [2.75, 3.05) is 32.8 Å². The molecule has 0 bridgehead atoms. The van der Waals surface area contributed by atoms with Crippen LogP contribution in [-0.4, -0.2) is 48.8 Å². The summed E-state index contributed by atoms with van der Waals surface area (Å²) in [6, 6.07) is 0. The minimum Gasteiger partial charge on any atom is -0.481 e. The molecular weight excluding hydrogens is 206 g/mol. The molecule has 4 nitrogen and oxygen atoms in total. The predicted molar refractivity (Wildman–Crippen MR) is 60.3 cm³/mol. The lowest BCUT2D eigenvalue weighted by Crippen LogP contribution is -2.27. The maximum Gasteiger partial charge on any atom is 0.303 e. The zero-order valence-electron chi connectivity index (χ0n) is 9.73. The van der Waals surface area contributed by atoms with Crippen molar-refractivity contribution in [2.45, 2.75) is 25.7 Å². The molecule has 0 aromatic carbocycles. The van der Waals surface area contributed by atoms with Crippen LogP contribution in [0, 0.1) is 11.8 Å². The van der Waals surface area contributed by atoms with Crippen LogP contribution in [0.15, 0.2) is 0 Å². The number of hydrogen-bond donors (Lipinski definition) is 1. The molecule has 2 fully saturated rings. The van der Waals surface area contributed by atoms with Gasteiger partial charge in [-0.15, -0.1) is 0 Å². The van der Waals surface area contributed by atoms with E-state index in [1.807, 2.05) is 0 Å². The Bertz CT molecular complexity index is 238. The zero-order valence-corrected chi connectivity index (χ0v) is 9.73. The molecular formula is C12H21NO3. The van der Waals surface area contributed by atoms with Crippen molar-refractivity contribution >= 4 is 5.97 Å². The third kappa shape index (κ3) is 3.46. The second-order valence-electron chi connectivity index (χ2n) is 5.08. The molecule has 2 rings (SSSR count). The van der Waals surface area contributed by atoms with Gasteiger partial charge in [-0.05, 0) is 37.6 Å². The highest BCUT2D eigenvalue weighted by Crippen LogP contribution is 2.23. The fraction of sp³-hybridized carbons (Fsp3) is 0.917. The van der Waals surface area contributed by atoms with Crippen molar-refractivity contribution in [3.05, 3.63) is 0 Å². The minimum atomic E-state index is -0.664. The van der Waals surface area contributed by atoms with Crippen LogP contribution >= 0.6 is 0 Å². The average molecular weight is 227 g/mol. The molecule has 0 amide bonds. The maximum atomic E-state index is 10.5. The van der Waals surface area contributed by atoms with E-state index in [2.05, 4.69) is 4.90 Å². The Labute approximate surface area is 96.6 Å². The smallest absolute Gasteiger partial charge is 0.303 e. The standard InChI is InChI=1S/C12H21NO3/c14-12(15)2-1-10-3-5-13(7-10)8-11-4-6-16-9-11/h10-11H,1-9H2,(H,14,15). The molecule has 2 atom stereocenters. The number of rotatable bonds is 5. The van der Waals surface area contributed by atoms with Gasteiger partial charge in [0.15, 0.2) is 0 Å². The number of ether oxygens (including phenoxy) is 1. The summed E-state index contributed by atoms with van der Waals surface area (Å²) < 4.78 is 5.37. The molecule has 2 unspecified atom stereocenters. The molecule has 0 radical (unpaired) electrons. The largest absolute Gasteiger partial charge is 0.481 e. The van der Waals surface area contributed by atoms with E-state index in [0.29, 0.717) is 18.3 Å². The first-order chi connectivity index (χ1) is 7.74. The summed E-state index contributed by atoms with van der Waals surface area (Å²) in [6.45, 7) is 5.20. The lowest BCUT2D eigenvalue weighted by molar-refractivity contribution is -0.137. The molecule has 0 spiro atoms. The summed E-state index contributed by atoms with van der Waals surface area (Å²) in [4.78, 5) is 13.0. The van der Waals surface area contributed by atoms with E-state index in [0.717, 1.165) is 39.3 Å². The topological polar surface area (TPSA) is 49.8 Å². The van der Waals surface area contributed by atoms with Gasteiger partial charge in [0.25, 0.3) is 0 Å². The van der Waals surface area contributed by atoms with E-state index in [-0.39, 0.29) is 0 Å². The van der Waals surface area contributed by atoms with Gasteiger partial charge in [0.05, 0.1) is 6.61 Å². The molecule has 0 aromatic rings. The molecule has 0 aliphatic carbocycles. The summed E-state index contributed by atoms with van der Waals surface area (Å²) in [6.07, 6.45) is 3.52. The third-order valence-electron chi connectivity index (χ3n) is 3.68. The van der Waals surface area contributed by atoms with Crippen LogP contribution in [0.25, 0.3) is 0 Å². The molecule has 1 N–H and O–H groups in total. The number of carboxylic acid groups (broad SMARTS) is 1. The van der Waals surface area contributed by atoms with Crippen LogP contribution in [-0.2, 0) is 9.53 Å². The molecule has 0 saturated carbocycles. The van der Waals surface area contributed by atoms with E-state index < -0.39 is 5.97 Å². The Morgan fingerprint density at radius 2 is 2.25 bits per heavy atom. The number of hydrogen-bond acceptors (Lipinski definition) is 3. The van der Waals surface area contributed by atoms with Crippen LogP contribution < -0.4 is 0 Å². The highest BCUT2D eigenvalue weighted by molar-refractivity contribution is 5.66. The van der Waals surface area contributed by atoms with Gasteiger partial charge in [-0.1, -0.05) is 0 Å². The van der Waals surface area contributed by atoms with E-state index in [4.69, 9.17) is 9.84 Å². The predicted octanol–water partition coefficient (Wildman–Crippen LogP) is 1.21. The number of carboxylic acids is 1. The Morgan fingerprint density at radius 3 is 2.94 bits per heavy atom. The number of nitrogens with zero attached hydrogens (tertiary/aromatic N) is 1. The minimum absolute atomic E-state index is 0.324. The van der Waals surface area contributed by atoms with Crippen LogP contribution in [0.4, 0.5) is 0 Å². The van der Waals surface area contributed by atoms with E-state index in [1.165, 1.54) is 12.8 Å². The Balaban J connectivity index is 1.64. The Morgan fingerprint density at radius 1 is 1.38 bits per heavy atom. The molecule has 4 heteroatoms. The van der Waals surface area contributed by atoms with Crippen molar-refractivity contribution in [1.29, 1.82) is 0 Å². The first kappa shape index (κ1) is 11.9. The second kappa shape index (κ2) is 5.64. The van der Waals surface area contributed by atoms with Crippen molar-refractivity contribution in [3.63, 3.8) is 0 Å². The summed E-state index contributed by atoms with van der Waals surface area (Å²) in [5.74, 6) is 0.638. The van der Waals surface area contributed by atoms with Gasteiger partial charge in [-0.2, -0.15) is 0 Å². The van der Waals surface area contributed by atoms with E-state index in [9.17, 15) is 4.79 Å². The SMILES string of the molecule is O=C(O)CCC1CCN(CC2CCOC2)C1. The molecule has 2 saturated heterocycles. The van der Waals surface area contributed by atoms with Gasteiger partial charge in [-0.25, -0.2) is 0 Å². The highest BCUT2D eigenvalue weighted by Gasteiger charge is 2.26. The molecule has 16 heavy (non-hydrogen) atoms. The first-order valence-corrected chi connectivity index (χ1v) is 6.26. The lowest BCUT2D eigenvalue weighted by Gasteiger charge is -2.19. The molecule has 0 aromatic heterocycles. The third-order valence-corrected chi connectivity index (χ3v) is 3.68. The first-order valence-electron chi connectivity index (χ1n) is 6.26. The fourth-order valence-electron chi connectivity index (χ4n) is 2.73. The van der Waals surface area contributed by atoms with Crippen LogP contribution in [0.5, 0.6) is 0 Å².